The lowest BCUT2D eigenvalue weighted by Crippen LogP contribution is -2.10. The summed E-state index contributed by atoms with van der Waals surface area (Å²) in [6.45, 7) is 2.94. The van der Waals surface area contributed by atoms with E-state index < -0.39 is 0 Å². The molecule has 15 heavy (non-hydrogen) atoms. The van der Waals surface area contributed by atoms with Crippen LogP contribution in [0.4, 0.5) is 5.13 Å². The fourth-order valence-corrected chi connectivity index (χ4v) is 1.99. The minimum absolute atomic E-state index is 0.225. The van der Waals surface area contributed by atoms with E-state index in [1.165, 1.54) is 0 Å². The standard InChI is InChI=1S/C10H17N3OS/c1-2-8-7-15-10(13-8)12-6-4-3-5-9(11)14/h7H,2-6H2,1H3,(H2,11,14)(H,12,13). The highest BCUT2D eigenvalue weighted by atomic mass is 32.1. The molecule has 0 aliphatic rings. The van der Waals surface area contributed by atoms with Gasteiger partial charge >= 0.3 is 0 Å². The third-order valence-electron chi connectivity index (χ3n) is 2.04. The lowest BCUT2D eigenvalue weighted by Gasteiger charge is -2.00. The molecular weight excluding hydrogens is 210 g/mol. The SMILES string of the molecule is CCc1csc(NCCCCC(N)=O)n1. The third-order valence-corrected chi connectivity index (χ3v) is 2.89. The number of nitrogens with one attached hydrogen (secondary N) is 1. The summed E-state index contributed by atoms with van der Waals surface area (Å²) < 4.78 is 0. The minimum atomic E-state index is -0.225. The number of aromatic nitrogens is 1. The van der Waals surface area contributed by atoms with Gasteiger partial charge in [0.2, 0.25) is 5.91 Å². The monoisotopic (exact) mass is 227 g/mol. The summed E-state index contributed by atoms with van der Waals surface area (Å²) in [4.78, 5) is 14.8. The van der Waals surface area contributed by atoms with Crippen molar-refractivity contribution in [3.63, 3.8) is 0 Å². The summed E-state index contributed by atoms with van der Waals surface area (Å²) in [6, 6.07) is 0. The second-order valence-corrected chi connectivity index (χ2v) is 4.21. The third kappa shape index (κ3) is 4.78. The second-order valence-electron chi connectivity index (χ2n) is 3.35. The second kappa shape index (κ2) is 6.40. The van der Waals surface area contributed by atoms with Gasteiger partial charge in [-0.15, -0.1) is 11.3 Å². The topological polar surface area (TPSA) is 68.0 Å². The molecule has 0 radical (unpaired) electrons. The molecule has 84 valence electrons. The highest BCUT2D eigenvalue weighted by Crippen LogP contribution is 2.15. The van der Waals surface area contributed by atoms with Gasteiger partial charge in [0.25, 0.3) is 0 Å². The predicted octanol–water partition coefficient (Wildman–Crippen LogP) is 1.77. The Kier molecular flexibility index (Phi) is 5.10. The number of rotatable bonds is 7. The Balaban J connectivity index is 2.12. The van der Waals surface area contributed by atoms with Crippen molar-refractivity contribution in [3.8, 4) is 0 Å². The maximum absolute atomic E-state index is 10.5. The molecule has 3 N–H and O–H groups in total. The van der Waals surface area contributed by atoms with Crippen LogP contribution in [-0.4, -0.2) is 17.4 Å². The molecule has 0 saturated carbocycles. The van der Waals surface area contributed by atoms with Crippen molar-refractivity contribution >= 4 is 22.4 Å². The average Bonchev–Trinajstić information content (AvgIpc) is 2.65. The molecule has 0 fully saturated rings. The summed E-state index contributed by atoms with van der Waals surface area (Å²) in [5, 5.41) is 6.25. The van der Waals surface area contributed by atoms with Crippen molar-refractivity contribution < 1.29 is 4.79 Å². The van der Waals surface area contributed by atoms with Gasteiger partial charge in [-0.25, -0.2) is 4.98 Å². The normalized spacial score (nSPS) is 10.2. The molecule has 0 aliphatic heterocycles. The van der Waals surface area contributed by atoms with Gasteiger partial charge in [-0.3, -0.25) is 4.79 Å². The van der Waals surface area contributed by atoms with Crippen molar-refractivity contribution in [2.24, 2.45) is 5.73 Å². The number of hydrogen-bond acceptors (Lipinski definition) is 4. The van der Waals surface area contributed by atoms with Crippen LogP contribution in [0, 0.1) is 0 Å². The van der Waals surface area contributed by atoms with Crippen LogP contribution in [0.5, 0.6) is 0 Å². The largest absolute Gasteiger partial charge is 0.370 e. The molecule has 0 aromatic carbocycles. The summed E-state index contributed by atoms with van der Waals surface area (Å²) >= 11 is 1.62. The molecule has 1 heterocycles. The van der Waals surface area contributed by atoms with Crippen LogP contribution in [0.2, 0.25) is 0 Å². The summed E-state index contributed by atoms with van der Waals surface area (Å²) in [5.41, 5.74) is 6.16. The van der Waals surface area contributed by atoms with E-state index in [0.717, 1.165) is 36.6 Å². The Bertz CT molecular complexity index is 311. The lowest BCUT2D eigenvalue weighted by molar-refractivity contribution is -0.118. The maximum atomic E-state index is 10.5. The van der Waals surface area contributed by atoms with Crippen LogP contribution >= 0.6 is 11.3 Å². The molecule has 0 bridgehead atoms. The van der Waals surface area contributed by atoms with Crippen LogP contribution in [-0.2, 0) is 11.2 Å². The number of hydrogen-bond donors (Lipinski definition) is 2. The van der Waals surface area contributed by atoms with Gasteiger partial charge in [-0.05, 0) is 19.3 Å². The number of nitrogens with two attached hydrogens (primary N) is 1. The highest BCUT2D eigenvalue weighted by molar-refractivity contribution is 7.13. The minimum Gasteiger partial charge on any atom is -0.370 e. The first-order valence-corrected chi connectivity index (χ1v) is 6.07. The number of nitrogens with zero attached hydrogens (tertiary/aromatic N) is 1. The highest BCUT2D eigenvalue weighted by Gasteiger charge is 1.99. The molecule has 0 unspecified atom stereocenters. The first-order valence-electron chi connectivity index (χ1n) is 5.19. The number of anilines is 1. The summed E-state index contributed by atoms with van der Waals surface area (Å²) in [6.07, 6.45) is 3.23. The molecule has 0 saturated heterocycles. The van der Waals surface area contributed by atoms with E-state index in [9.17, 15) is 4.79 Å². The zero-order chi connectivity index (χ0) is 11.1. The number of unbranched alkanes of at least 4 members (excludes halogenated alkanes) is 1. The Morgan fingerprint density at radius 2 is 2.40 bits per heavy atom. The van der Waals surface area contributed by atoms with Crippen molar-refractivity contribution in [2.75, 3.05) is 11.9 Å². The Hall–Kier alpha value is -1.10. The van der Waals surface area contributed by atoms with Gasteiger partial charge < -0.3 is 11.1 Å². The Labute approximate surface area is 93.9 Å². The molecule has 0 spiro atoms. The molecule has 0 aliphatic carbocycles. The molecule has 1 amide bonds. The first-order chi connectivity index (χ1) is 7.22. The van der Waals surface area contributed by atoms with E-state index in [1.807, 2.05) is 0 Å². The van der Waals surface area contributed by atoms with Gasteiger partial charge in [0.05, 0.1) is 5.69 Å². The molecule has 1 aromatic heterocycles. The van der Waals surface area contributed by atoms with Crippen LogP contribution in [0.3, 0.4) is 0 Å². The summed E-state index contributed by atoms with van der Waals surface area (Å²) in [7, 11) is 0. The molecule has 4 nitrogen and oxygen atoms in total. The molecule has 1 aromatic rings. The van der Waals surface area contributed by atoms with Crippen molar-refractivity contribution in [3.05, 3.63) is 11.1 Å². The van der Waals surface area contributed by atoms with Crippen LogP contribution in [0.15, 0.2) is 5.38 Å². The van der Waals surface area contributed by atoms with Gasteiger partial charge in [0.1, 0.15) is 0 Å². The van der Waals surface area contributed by atoms with Crippen molar-refractivity contribution in [1.29, 1.82) is 0 Å². The Morgan fingerprint density at radius 3 is 3.00 bits per heavy atom. The first kappa shape index (κ1) is 12.0. The summed E-state index contributed by atoms with van der Waals surface area (Å²) in [5.74, 6) is -0.225. The molecular formula is C10H17N3OS. The number of aryl methyl sites for hydroxylation is 1. The van der Waals surface area contributed by atoms with Crippen molar-refractivity contribution in [2.45, 2.75) is 32.6 Å². The van der Waals surface area contributed by atoms with E-state index in [4.69, 9.17) is 5.73 Å². The fourth-order valence-electron chi connectivity index (χ4n) is 1.17. The van der Waals surface area contributed by atoms with E-state index in [-0.39, 0.29) is 5.91 Å². The number of carbonyl (C=O) groups excluding carboxylic acids is 1. The van der Waals surface area contributed by atoms with Crippen LogP contribution in [0.1, 0.15) is 31.9 Å². The smallest absolute Gasteiger partial charge is 0.217 e. The molecule has 0 atom stereocenters. The van der Waals surface area contributed by atoms with E-state index in [2.05, 4.69) is 22.6 Å². The van der Waals surface area contributed by atoms with Crippen molar-refractivity contribution in [1.82, 2.24) is 4.98 Å². The quantitative estimate of drug-likeness (QED) is 0.698. The molecule has 1 rings (SSSR count). The predicted molar refractivity (Wildman–Crippen MR) is 63.0 cm³/mol. The maximum Gasteiger partial charge on any atom is 0.217 e. The Morgan fingerprint density at radius 1 is 1.60 bits per heavy atom. The van der Waals surface area contributed by atoms with Gasteiger partial charge in [-0.1, -0.05) is 6.92 Å². The van der Waals surface area contributed by atoms with E-state index in [0.29, 0.717) is 6.42 Å². The lowest BCUT2D eigenvalue weighted by atomic mass is 10.2. The molecule has 5 heteroatoms. The zero-order valence-electron chi connectivity index (χ0n) is 8.95. The zero-order valence-corrected chi connectivity index (χ0v) is 9.77. The van der Waals surface area contributed by atoms with E-state index in [1.54, 1.807) is 11.3 Å². The van der Waals surface area contributed by atoms with Gasteiger partial charge in [-0.2, -0.15) is 0 Å². The van der Waals surface area contributed by atoms with Crippen LogP contribution in [0.25, 0.3) is 0 Å². The van der Waals surface area contributed by atoms with Gasteiger partial charge in [0.15, 0.2) is 5.13 Å². The number of carbonyl (C=O) groups is 1. The number of amides is 1. The average molecular weight is 227 g/mol. The van der Waals surface area contributed by atoms with E-state index >= 15 is 0 Å². The number of primary amides is 1. The van der Waals surface area contributed by atoms with Crippen LogP contribution < -0.4 is 11.1 Å². The van der Waals surface area contributed by atoms with Gasteiger partial charge in [0, 0.05) is 18.3 Å². The number of thiazole rings is 1. The fraction of sp³-hybridized carbons (Fsp3) is 0.600.